The summed E-state index contributed by atoms with van der Waals surface area (Å²) in [6, 6.07) is 3.26. The standard InChI is InChI=1S/C17H24F2O2/c1-4-17(2,3)11-5-7-14(20)16(9-11)21-15-8-6-12(18)10-13(15)19/h6,8,10-11,14,16,20H,4-5,7,9H2,1-3H3. The zero-order valence-electron chi connectivity index (χ0n) is 12.9. The highest BCUT2D eigenvalue weighted by atomic mass is 19.1. The molecule has 0 spiro atoms. The van der Waals surface area contributed by atoms with E-state index >= 15 is 0 Å². The maximum atomic E-state index is 13.7. The molecule has 1 saturated carbocycles. The minimum atomic E-state index is -0.723. The smallest absolute Gasteiger partial charge is 0.167 e. The van der Waals surface area contributed by atoms with Crippen LogP contribution in [-0.2, 0) is 0 Å². The lowest BCUT2D eigenvalue weighted by molar-refractivity contribution is -0.0347. The van der Waals surface area contributed by atoms with Gasteiger partial charge in [0, 0.05) is 6.07 Å². The summed E-state index contributed by atoms with van der Waals surface area (Å²) >= 11 is 0. The van der Waals surface area contributed by atoms with E-state index in [9.17, 15) is 13.9 Å². The molecule has 1 aliphatic carbocycles. The molecule has 1 fully saturated rings. The maximum Gasteiger partial charge on any atom is 0.167 e. The Morgan fingerprint density at radius 1 is 1.29 bits per heavy atom. The average Bonchev–Trinajstić information content (AvgIpc) is 2.43. The third-order valence-corrected chi connectivity index (χ3v) is 4.95. The molecule has 0 aliphatic heterocycles. The van der Waals surface area contributed by atoms with Crippen LogP contribution in [0, 0.1) is 23.0 Å². The van der Waals surface area contributed by atoms with E-state index in [0.717, 1.165) is 18.9 Å². The lowest BCUT2D eigenvalue weighted by atomic mass is 9.68. The summed E-state index contributed by atoms with van der Waals surface area (Å²) in [5.41, 5.74) is 0.170. The Morgan fingerprint density at radius 3 is 2.62 bits per heavy atom. The van der Waals surface area contributed by atoms with Gasteiger partial charge in [0.2, 0.25) is 0 Å². The van der Waals surface area contributed by atoms with E-state index in [1.54, 1.807) is 0 Å². The number of halogens is 2. The third-order valence-electron chi connectivity index (χ3n) is 4.95. The van der Waals surface area contributed by atoms with Crippen molar-refractivity contribution in [1.82, 2.24) is 0 Å². The first-order valence-corrected chi connectivity index (χ1v) is 7.63. The Morgan fingerprint density at radius 2 is 2.00 bits per heavy atom. The number of hydrogen-bond acceptors (Lipinski definition) is 2. The number of aliphatic hydroxyl groups excluding tert-OH is 1. The number of rotatable bonds is 4. The SMILES string of the molecule is CCC(C)(C)C1CCC(O)C(Oc2ccc(F)cc2F)C1. The second kappa shape index (κ2) is 6.30. The maximum absolute atomic E-state index is 13.7. The minimum absolute atomic E-state index is 0.00963. The molecular formula is C17H24F2O2. The largest absolute Gasteiger partial charge is 0.485 e. The van der Waals surface area contributed by atoms with Gasteiger partial charge in [-0.25, -0.2) is 8.78 Å². The molecule has 1 N–H and O–H groups in total. The molecule has 2 nitrogen and oxygen atoms in total. The van der Waals surface area contributed by atoms with Crippen molar-refractivity contribution < 1.29 is 18.6 Å². The topological polar surface area (TPSA) is 29.5 Å². The fourth-order valence-electron chi connectivity index (χ4n) is 2.97. The van der Waals surface area contributed by atoms with Gasteiger partial charge in [0.25, 0.3) is 0 Å². The molecule has 0 radical (unpaired) electrons. The van der Waals surface area contributed by atoms with Crippen molar-refractivity contribution in [3.05, 3.63) is 29.8 Å². The van der Waals surface area contributed by atoms with Gasteiger partial charge in [-0.3, -0.25) is 0 Å². The van der Waals surface area contributed by atoms with Crippen molar-refractivity contribution in [2.24, 2.45) is 11.3 Å². The van der Waals surface area contributed by atoms with Crippen LogP contribution in [0.3, 0.4) is 0 Å². The summed E-state index contributed by atoms with van der Waals surface area (Å²) in [5.74, 6) is -0.914. The highest BCUT2D eigenvalue weighted by Crippen LogP contribution is 2.41. The predicted octanol–water partition coefficient (Wildman–Crippen LogP) is 4.31. The number of aliphatic hydroxyl groups is 1. The molecule has 3 atom stereocenters. The van der Waals surface area contributed by atoms with Crippen molar-refractivity contribution in [2.75, 3.05) is 0 Å². The molecule has 4 heteroatoms. The minimum Gasteiger partial charge on any atom is -0.485 e. The molecule has 0 aromatic heterocycles. The molecule has 0 amide bonds. The molecule has 0 bridgehead atoms. The Labute approximate surface area is 125 Å². The van der Waals surface area contributed by atoms with E-state index in [2.05, 4.69) is 20.8 Å². The van der Waals surface area contributed by atoms with Crippen LogP contribution in [0.1, 0.15) is 46.5 Å². The molecule has 118 valence electrons. The van der Waals surface area contributed by atoms with Crippen molar-refractivity contribution in [1.29, 1.82) is 0 Å². The fourth-order valence-corrected chi connectivity index (χ4v) is 2.97. The highest BCUT2D eigenvalue weighted by molar-refractivity contribution is 5.25. The van der Waals surface area contributed by atoms with Gasteiger partial charge in [-0.1, -0.05) is 27.2 Å². The van der Waals surface area contributed by atoms with Crippen LogP contribution in [0.5, 0.6) is 5.75 Å². The van der Waals surface area contributed by atoms with Crippen LogP contribution in [0.2, 0.25) is 0 Å². The Bertz CT molecular complexity index is 488. The number of benzene rings is 1. The van der Waals surface area contributed by atoms with E-state index in [1.807, 2.05) is 0 Å². The summed E-state index contributed by atoms with van der Waals surface area (Å²) in [6.45, 7) is 6.58. The summed E-state index contributed by atoms with van der Waals surface area (Å²) < 4.78 is 32.2. The van der Waals surface area contributed by atoms with Crippen molar-refractivity contribution in [2.45, 2.75) is 58.7 Å². The zero-order chi connectivity index (χ0) is 15.6. The van der Waals surface area contributed by atoms with Gasteiger partial charge in [0.05, 0.1) is 6.10 Å². The van der Waals surface area contributed by atoms with E-state index in [-0.39, 0.29) is 11.2 Å². The van der Waals surface area contributed by atoms with Gasteiger partial charge < -0.3 is 9.84 Å². The quantitative estimate of drug-likeness (QED) is 0.897. The van der Waals surface area contributed by atoms with Crippen LogP contribution in [0.15, 0.2) is 18.2 Å². The van der Waals surface area contributed by atoms with Crippen molar-refractivity contribution in [3.63, 3.8) is 0 Å². The lowest BCUT2D eigenvalue weighted by Crippen LogP contribution is -2.42. The summed E-state index contributed by atoms with van der Waals surface area (Å²) in [6.07, 6.45) is 2.31. The fraction of sp³-hybridized carbons (Fsp3) is 0.647. The van der Waals surface area contributed by atoms with Gasteiger partial charge in [0.15, 0.2) is 11.6 Å². The first kappa shape index (κ1) is 16.2. The summed E-state index contributed by atoms with van der Waals surface area (Å²) in [7, 11) is 0. The Balaban J connectivity index is 2.10. The van der Waals surface area contributed by atoms with Gasteiger partial charge >= 0.3 is 0 Å². The monoisotopic (exact) mass is 298 g/mol. The van der Waals surface area contributed by atoms with E-state index in [4.69, 9.17) is 4.74 Å². The first-order chi connectivity index (χ1) is 9.83. The first-order valence-electron chi connectivity index (χ1n) is 7.63. The molecule has 1 aromatic carbocycles. The molecule has 0 heterocycles. The molecule has 21 heavy (non-hydrogen) atoms. The van der Waals surface area contributed by atoms with Crippen LogP contribution >= 0.6 is 0 Å². The lowest BCUT2D eigenvalue weighted by Gasteiger charge is -2.41. The van der Waals surface area contributed by atoms with Crippen LogP contribution in [0.25, 0.3) is 0 Å². The van der Waals surface area contributed by atoms with Crippen LogP contribution in [0.4, 0.5) is 8.78 Å². The Hall–Kier alpha value is -1.16. The highest BCUT2D eigenvalue weighted by Gasteiger charge is 2.37. The Kier molecular flexibility index (Phi) is 4.87. The van der Waals surface area contributed by atoms with E-state index in [1.165, 1.54) is 12.1 Å². The van der Waals surface area contributed by atoms with Gasteiger partial charge in [-0.2, -0.15) is 0 Å². The molecule has 0 saturated heterocycles. The molecular weight excluding hydrogens is 274 g/mol. The van der Waals surface area contributed by atoms with Crippen molar-refractivity contribution >= 4 is 0 Å². The molecule has 1 aliphatic rings. The van der Waals surface area contributed by atoms with Crippen LogP contribution in [-0.4, -0.2) is 17.3 Å². The zero-order valence-corrected chi connectivity index (χ0v) is 12.9. The normalized spacial score (nSPS) is 26.7. The second-order valence-corrected chi connectivity index (χ2v) is 6.65. The van der Waals surface area contributed by atoms with Gasteiger partial charge in [0.1, 0.15) is 11.9 Å². The van der Waals surface area contributed by atoms with Crippen molar-refractivity contribution in [3.8, 4) is 5.75 Å². The van der Waals surface area contributed by atoms with Gasteiger partial charge in [-0.05, 0) is 42.7 Å². The third kappa shape index (κ3) is 3.73. The number of ether oxygens (including phenoxy) is 1. The number of hydrogen-bond donors (Lipinski definition) is 1. The molecule has 1 aromatic rings. The summed E-state index contributed by atoms with van der Waals surface area (Å²) in [4.78, 5) is 0. The van der Waals surface area contributed by atoms with E-state index < -0.39 is 23.8 Å². The predicted molar refractivity (Wildman–Crippen MR) is 78.2 cm³/mol. The molecule has 2 rings (SSSR count). The molecule has 3 unspecified atom stereocenters. The second-order valence-electron chi connectivity index (χ2n) is 6.65. The van der Waals surface area contributed by atoms with Crippen LogP contribution < -0.4 is 4.74 Å². The van der Waals surface area contributed by atoms with E-state index in [0.29, 0.717) is 18.8 Å². The van der Waals surface area contributed by atoms with Gasteiger partial charge in [-0.15, -0.1) is 0 Å². The average molecular weight is 298 g/mol. The summed E-state index contributed by atoms with van der Waals surface area (Å²) in [5, 5.41) is 10.1.